The van der Waals surface area contributed by atoms with Crippen LogP contribution in [0.25, 0.3) is 10.9 Å². The SMILES string of the molecule is CN[C@@H](C)C(=O)N[C@H](C(=O)N1CCC[C@H]1Cn1cc(C(C)=O)c2cc(Cl)c(Cl)cc21)C1CCCCC1. The van der Waals surface area contributed by atoms with Crippen LogP contribution in [0.15, 0.2) is 18.3 Å². The highest BCUT2D eigenvalue weighted by Crippen LogP contribution is 2.33. The molecule has 196 valence electrons. The van der Waals surface area contributed by atoms with Gasteiger partial charge in [-0.1, -0.05) is 42.5 Å². The second-order valence-corrected chi connectivity index (χ2v) is 11.1. The van der Waals surface area contributed by atoms with Gasteiger partial charge in [-0.25, -0.2) is 0 Å². The van der Waals surface area contributed by atoms with Gasteiger partial charge in [-0.05, 0) is 64.6 Å². The van der Waals surface area contributed by atoms with Crippen molar-refractivity contribution in [1.29, 1.82) is 0 Å². The molecule has 0 unspecified atom stereocenters. The third-order valence-corrected chi connectivity index (χ3v) is 8.60. The molecule has 7 nitrogen and oxygen atoms in total. The lowest BCUT2D eigenvalue weighted by atomic mass is 9.83. The fourth-order valence-corrected chi connectivity index (χ4v) is 6.02. The maximum absolute atomic E-state index is 14.0. The summed E-state index contributed by atoms with van der Waals surface area (Å²) in [5.41, 5.74) is 1.42. The summed E-state index contributed by atoms with van der Waals surface area (Å²) in [5.74, 6) is -0.0371. The summed E-state index contributed by atoms with van der Waals surface area (Å²) in [5, 5.41) is 7.66. The number of hydrogen-bond donors (Lipinski definition) is 2. The average molecular weight is 536 g/mol. The smallest absolute Gasteiger partial charge is 0.245 e. The van der Waals surface area contributed by atoms with E-state index in [0.29, 0.717) is 28.7 Å². The van der Waals surface area contributed by atoms with Gasteiger partial charge in [0.15, 0.2) is 5.78 Å². The number of ketones is 1. The van der Waals surface area contributed by atoms with Crippen LogP contribution in [0.5, 0.6) is 0 Å². The summed E-state index contributed by atoms with van der Waals surface area (Å²) in [6.45, 7) is 4.55. The molecule has 1 saturated carbocycles. The number of likely N-dealkylation sites (N-methyl/N-ethyl adjacent to an activating group) is 1. The third-order valence-electron chi connectivity index (χ3n) is 7.88. The van der Waals surface area contributed by atoms with E-state index in [4.69, 9.17) is 23.2 Å². The minimum Gasteiger partial charge on any atom is -0.345 e. The van der Waals surface area contributed by atoms with E-state index in [1.165, 1.54) is 13.3 Å². The molecule has 4 rings (SSSR count). The Morgan fingerprint density at radius 1 is 1.06 bits per heavy atom. The maximum atomic E-state index is 14.0. The van der Waals surface area contributed by atoms with Crippen molar-refractivity contribution in [3.8, 4) is 0 Å². The largest absolute Gasteiger partial charge is 0.345 e. The first-order valence-electron chi connectivity index (χ1n) is 13.0. The van der Waals surface area contributed by atoms with Gasteiger partial charge in [0.2, 0.25) is 11.8 Å². The van der Waals surface area contributed by atoms with E-state index in [9.17, 15) is 14.4 Å². The van der Waals surface area contributed by atoms with E-state index in [1.807, 2.05) is 15.7 Å². The summed E-state index contributed by atoms with van der Waals surface area (Å²) in [6, 6.07) is 2.60. The van der Waals surface area contributed by atoms with Crippen molar-refractivity contribution in [3.05, 3.63) is 33.9 Å². The van der Waals surface area contributed by atoms with Crippen LogP contribution in [0.1, 0.15) is 69.2 Å². The Kier molecular flexibility index (Phi) is 8.63. The number of aromatic nitrogens is 1. The van der Waals surface area contributed by atoms with Gasteiger partial charge in [0.25, 0.3) is 0 Å². The molecule has 1 aromatic heterocycles. The number of amides is 2. The molecule has 0 bridgehead atoms. The lowest BCUT2D eigenvalue weighted by Crippen LogP contribution is -2.56. The summed E-state index contributed by atoms with van der Waals surface area (Å²) < 4.78 is 2.02. The third kappa shape index (κ3) is 5.58. The van der Waals surface area contributed by atoms with Crippen LogP contribution in [0, 0.1) is 5.92 Å². The number of rotatable bonds is 8. The van der Waals surface area contributed by atoms with E-state index in [-0.39, 0.29) is 35.6 Å². The summed E-state index contributed by atoms with van der Waals surface area (Å²) in [4.78, 5) is 41.0. The monoisotopic (exact) mass is 534 g/mol. The number of likely N-dealkylation sites (tertiary alicyclic amines) is 1. The van der Waals surface area contributed by atoms with Crippen LogP contribution in [0.3, 0.4) is 0 Å². The van der Waals surface area contributed by atoms with Crippen molar-refractivity contribution in [2.75, 3.05) is 13.6 Å². The zero-order valence-electron chi connectivity index (χ0n) is 21.3. The van der Waals surface area contributed by atoms with Gasteiger partial charge in [0.1, 0.15) is 6.04 Å². The molecule has 2 aromatic rings. The first kappa shape index (κ1) is 27.0. The maximum Gasteiger partial charge on any atom is 0.245 e. The molecule has 1 saturated heterocycles. The van der Waals surface area contributed by atoms with Gasteiger partial charge in [-0.15, -0.1) is 0 Å². The van der Waals surface area contributed by atoms with E-state index in [2.05, 4.69) is 10.6 Å². The zero-order chi connectivity index (χ0) is 26.0. The number of carbonyl (C=O) groups is 3. The van der Waals surface area contributed by atoms with E-state index in [0.717, 1.165) is 49.4 Å². The van der Waals surface area contributed by atoms with Crippen LogP contribution in [-0.2, 0) is 16.1 Å². The number of benzene rings is 1. The van der Waals surface area contributed by atoms with Gasteiger partial charge in [0, 0.05) is 36.3 Å². The van der Waals surface area contributed by atoms with Crippen molar-refractivity contribution in [1.82, 2.24) is 20.1 Å². The summed E-state index contributed by atoms with van der Waals surface area (Å²) in [7, 11) is 1.74. The molecule has 1 aliphatic heterocycles. The van der Waals surface area contributed by atoms with Gasteiger partial charge in [-0.2, -0.15) is 0 Å². The number of fused-ring (bicyclic) bond motifs is 1. The molecular weight excluding hydrogens is 499 g/mol. The number of carbonyl (C=O) groups excluding carboxylic acids is 3. The molecule has 0 spiro atoms. The van der Waals surface area contributed by atoms with Crippen LogP contribution >= 0.6 is 23.2 Å². The van der Waals surface area contributed by atoms with Gasteiger partial charge < -0.3 is 20.1 Å². The van der Waals surface area contributed by atoms with Gasteiger partial charge in [0.05, 0.1) is 21.6 Å². The van der Waals surface area contributed by atoms with Crippen LogP contribution in [0.2, 0.25) is 10.0 Å². The van der Waals surface area contributed by atoms with Crippen LogP contribution in [-0.4, -0.2) is 58.8 Å². The van der Waals surface area contributed by atoms with Crippen LogP contribution in [0.4, 0.5) is 0 Å². The zero-order valence-corrected chi connectivity index (χ0v) is 22.8. The minimum absolute atomic E-state index is 0.00498. The van der Waals surface area contributed by atoms with Crippen molar-refractivity contribution >= 4 is 51.7 Å². The normalized spacial score (nSPS) is 20.5. The number of Topliss-reactive ketones (excluding diaryl/α,β-unsaturated/α-hetero) is 1. The number of nitrogens with zero attached hydrogens (tertiary/aromatic N) is 2. The lowest BCUT2D eigenvalue weighted by molar-refractivity contribution is -0.139. The number of hydrogen-bond acceptors (Lipinski definition) is 4. The molecule has 2 aliphatic rings. The fourth-order valence-electron chi connectivity index (χ4n) is 5.70. The second kappa shape index (κ2) is 11.5. The van der Waals surface area contributed by atoms with E-state index < -0.39 is 6.04 Å². The molecule has 3 atom stereocenters. The minimum atomic E-state index is -0.517. The quantitative estimate of drug-likeness (QED) is 0.475. The molecule has 2 heterocycles. The highest BCUT2D eigenvalue weighted by molar-refractivity contribution is 6.43. The fraction of sp³-hybridized carbons (Fsp3) is 0.593. The number of halogens is 2. The van der Waals surface area contributed by atoms with E-state index in [1.54, 1.807) is 26.1 Å². The first-order chi connectivity index (χ1) is 17.2. The average Bonchev–Trinajstić information content (AvgIpc) is 3.47. The molecular formula is C27H36Cl2N4O3. The Morgan fingerprint density at radius 2 is 1.75 bits per heavy atom. The highest BCUT2D eigenvalue weighted by atomic mass is 35.5. The predicted octanol–water partition coefficient (Wildman–Crippen LogP) is 4.81. The molecule has 0 radical (unpaired) electrons. The standard InChI is InChI=1S/C27H36Cl2N4O3/c1-16(30-3)26(35)31-25(18-8-5-4-6-9-18)27(36)33-11-7-10-19(33)14-32-15-21(17(2)34)20-12-22(28)23(29)13-24(20)32/h12-13,15-16,18-19,25,30H,4-11,14H2,1-3H3,(H,31,35)/t16-,19-,25-/m0/s1. The van der Waals surface area contributed by atoms with Gasteiger partial charge >= 0.3 is 0 Å². The first-order valence-corrected chi connectivity index (χ1v) is 13.7. The van der Waals surface area contributed by atoms with Crippen molar-refractivity contribution in [3.63, 3.8) is 0 Å². The highest BCUT2D eigenvalue weighted by Gasteiger charge is 2.38. The van der Waals surface area contributed by atoms with Crippen molar-refractivity contribution in [2.24, 2.45) is 5.92 Å². The Balaban J connectivity index is 1.60. The molecule has 2 N–H and O–H groups in total. The van der Waals surface area contributed by atoms with Crippen molar-refractivity contribution < 1.29 is 14.4 Å². The molecule has 2 fully saturated rings. The summed E-state index contributed by atoms with van der Waals surface area (Å²) >= 11 is 12.6. The molecule has 36 heavy (non-hydrogen) atoms. The van der Waals surface area contributed by atoms with E-state index >= 15 is 0 Å². The molecule has 1 aliphatic carbocycles. The van der Waals surface area contributed by atoms with Gasteiger partial charge in [-0.3, -0.25) is 14.4 Å². The predicted molar refractivity (Wildman–Crippen MR) is 144 cm³/mol. The second-order valence-electron chi connectivity index (χ2n) is 10.3. The Labute approximate surface area is 222 Å². The number of nitrogens with one attached hydrogen (secondary N) is 2. The Hall–Kier alpha value is -2.09. The topological polar surface area (TPSA) is 83.4 Å². The van der Waals surface area contributed by atoms with Crippen LogP contribution < -0.4 is 10.6 Å². The molecule has 1 aromatic carbocycles. The molecule has 2 amide bonds. The lowest BCUT2D eigenvalue weighted by Gasteiger charge is -2.35. The Bertz CT molecular complexity index is 1140. The summed E-state index contributed by atoms with van der Waals surface area (Å²) in [6.07, 6.45) is 8.86. The Morgan fingerprint density at radius 3 is 2.42 bits per heavy atom. The van der Waals surface area contributed by atoms with Crippen molar-refractivity contribution in [2.45, 2.75) is 83.5 Å². The molecule has 9 heteroatoms.